The number of hydrogen-bond donors (Lipinski definition) is 1. The van der Waals surface area contributed by atoms with Crippen LogP contribution in [0.3, 0.4) is 0 Å². The number of carbonyl (C=O) groups is 1. The highest BCUT2D eigenvalue weighted by Gasteiger charge is 2.37. The van der Waals surface area contributed by atoms with E-state index in [9.17, 15) is 31.1 Å². The first-order valence-electron chi connectivity index (χ1n) is 9.29. The Morgan fingerprint density at radius 1 is 0.967 bits per heavy atom. The number of allylic oxidation sites excluding steroid dienone is 5. The van der Waals surface area contributed by atoms with Crippen molar-refractivity contribution in [2.75, 3.05) is 13.1 Å². The van der Waals surface area contributed by atoms with E-state index in [4.69, 9.17) is 0 Å². The molecular weight excluding hydrogens is 408 g/mol. The first-order chi connectivity index (χ1) is 14.0. The lowest BCUT2D eigenvalue weighted by atomic mass is 9.85. The first kappa shape index (κ1) is 22.1. The van der Waals surface area contributed by atoms with Gasteiger partial charge in [0.25, 0.3) is 0 Å². The van der Waals surface area contributed by atoms with Gasteiger partial charge in [0, 0.05) is 24.2 Å². The highest BCUT2D eigenvalue weighted by Crippen LogP contribution is 2.38. The second-order valence-electron chi connectivity index (χ2n) is 7.26. The van der Waals surface area contributed by atoms with Gasteiger partial charge in [0.05, 0.1) is 11.1 Å². The number of Topliss-reactive ketones (excluding diaryl/α,β-unsaturated/α-hetero) is 1. The van der Waals surface area contributed by atoms with Crippen LogP contribution in [-0.4, -0.2) is 25.0 Å². The summed E-state index contributed by atoms with van der Waals surface area (Å²) < 4.78 is 79.8. The average Bonchev–Trinajstić information content (AvgIpc) is 2.65. The van der Waals surface area contributed by atoms with Gasteiger partial charge in [0.15, 0.2) is 5.78 Å². The fourth-order valence-corrected chi connectivity index (χ4v) is 3.55. The van der Waals surface area contributed by atoms with Crippen LogP contribution in [0.2, 0.25) is 0 Å². The summed E-state index contributed by atoms with van der Waals surface area (Å²) in [5.74, 6) is -0.992. The Kier molecular flexibility index (Phi) is 6.08. The lowest BCUT2D eigenvalue weighted by Gasteiger charge is -2.24. The van der Waals surface area contributed by atoms with Gasteiger partial charge in [-0.05, 0) is 41.7 Å². The fraction of sp³-hybridized carbons (Fsp3) is 0.318. The average molecular weight is 427 g/mol. The van der Waals surface area contributed by atoms with Crippen molar-refractivity contribution in [2.24, 2.45) is 5.92 Å². The molecule has 1 aliphatic heterocycles. The van der Waals surface area contributed by atoms with E-state index in [-0.39, 0.29) is 35.4 Å². The van der Waals surface area contributed by atoms with Gasteiger partial charge in [-0.25, -0.2) is 0 Å². The Bertz CT molecular complexity index is 963. The third-order valence-corrected chi connectivity index (χ3v) is 5.06. The predicted octanol–water partition coefficient (Wildman–Crippen LogP) is 5.64. The Balaban J connectivity index is 2.02. The molecule has 0 aromatic heterocycles. The molecule has 1 saturated heterocycles. The number of alkyl halides is 6. The molecule has 2 nitrogen and oxygen atoms in total. The van der Waals surface area contributed by atoms with Crippen molar-refractivity contribution in [3.63, 3.8) is 0 Å². The summed E-state index contributed by atoms with van der Waals surface area (Å²) in [5, 5.41) is 2.89. The third-order valence-electron chi connectivity index (χ3n) is 5.06. The molecule has 30 heavy (non-hydrogen) atoms. The van der Waals surface area contributed by atoms with Crippen molar-refractivity contribution in [3.8, 4) is 0 Å². The molecule has 1 aromatic carbocycles. The molecule has 0 radical (unpaired) electrons. The van der Waals surface area contributed by atoms with Crippen molar-refractivity contribution in [2.45, 2.75) is 25.7 Å². The molecule has 1 unspecified atom stereocenters. The van der Waals surface area contributed by atoms with Crippen molar-refractivity contribution in [3.05, 3.63) is 75.9 Å². The minimum absolute atomic E-state index is 0.00657. The van der Waals surface area contributed by atoms with E-state index in [2.05, 4.69) is 5.32 Å². The third kappa shape index (κ3) is 4.75. The van der Waals surface area contributed by atoms with Gasteiger partial charge in [-0.1, -0.05) is 37.3 Å². The SMILES string of the molecule is CC1CC=CC(C(F)(F)F)=C1/C=C1\CNC/C(=C\c2ccccc2C(F)(F)F)C1=O. The number of benzene rings is 1. The van der Waals surface area contributed by atoms with E-state index in [1.165, 1.54) is 30.4 Å². The topological polar surface area (TPSA) is 29.1 Å². The van der Waals surface area contributed by atoms with Crippen LogP contribution in [0.4, 0.5) is 26.3 Å². The summed E-state index contributed by atoms with van der Waals surface area (Å²) in [4.78, 5) is 12.8. The van der Waals surface area contributed by atoms with Crippen LogP contribution in [0.1, 0.15) is 24.5 Å². The number of rotatable bonds is 2. The zero-order valence-corrected chi connectivity index (χ0v) is 16.0. The van der Waals surface area contributed by atoms with Crippen LogP contribution in [0.25, 0.3) is 6.08 Å². The molecule has 1 fully saturated rings. The quantitative estimate of drug-likeness (QED) is 0.489. The second-order valence-corrected chi connectivity index (χ2v) is 7.26. The molecule has 0 amide bonds. The van der Waals surface area contributed by atoms with Gasteiger partial charge >= 0.3 is 12.4 Å². The molecule has 1 aromatic rings. The number of carbonyl (C=O) groups excluding carboxylic acids is 1. The maximum absolute atomic E-state index is 13.4. The minimum Gasteiger partial charge on any atom is -0.308 e. The van der Waals surface area contributed by atoms with Crippen LogP contribution in [0.15, 0.2) is 64.8 Å². The summed E-state index contributed by atoms with van der Waals surface area (Å²) in [7, 11) is 0. The van der Waals surface area contributed by atoms with E-state index >= 15 is 0 Å². The van der Waals surface area contributed by atoms with Gasteiger partial charge in [0.2, 0.25) is 0 Å². The van der Waals surface area contributed by atoms with Gasteiger partial charge < -0.3 is 5.32 Å². The van der Waals surface area contributed by atoms with Crippen molar-refractivity contribution >= 4 is 11.9 Å². The highest BCUT2D eigenvalue weighted by atomic mass is 19.4. The Labute approximate surface area is 169 Å². The predicted molar refractivity (Wildman–Crippen MR) is 101 cm³/mol. The lowest BCUT2D eigenvalue weighted by molar-refractivity contribution is -0.137. The fourth-order valence-electron chi connectivity index (χ4n) is 3.55. The maximum Gasteiger partial charge on any atom is 0.416 e. The second kappa shape index (κ2) is 8.26. The number of nitrogens with one attached hydrogen (secondary N) is 1. The maximum atomic E-state index is 13.4. The summed E-state index contributed by atoms with van der Waals surface area (Å²) in [6, 6.07) is 4.84. The number of halogens is 6. The first-order valence-corrected chi connectivity index (χ1v) is 9.29. The molecule has 0 bridgehead atoms. The molecular formula is C22H19F6NO. The van der Waals surface area contributed by atoms with Crippen molar-refractivity contribution in [1.29, 1.82) is 0 Å². The molecule has 0 saturated carbocycles. The normalized spacial score (nSPS) is 23.6. The van der Waals surface area contributed by atoms with Crippen LogP contribution >= 0.6 is 0 Å². The Hall–Kier alpha value is -2.61. The van der Waals surface area contributed by atoms with Gasteiger partial charge in [-0.15, -0.1) is 0 Å². The van der Waals surface area contributed by atoms with Crippen LogP contribution in [0, 0.1) is 5.92 Å². The summed E-state index contributed by atoms with van der Waals surface area (Å²) in [5.41, 5.74) is -1.68. The van der Waals surface area contributed by atoms with Crippen molar-refractivity contribution in [1.82, 2.24) is 5.32 Å². The molecule has 1 heterocycles. The summed E-state index contributed by atoms with van der Waals surface area (Å²) in [6.07, 6.45) is -3.93. The zero-order chi connectivity index (χ0) is 22.1. The minimum atomic E-state index is -4.59. The van der Waals surface area contributed by atoms with Crippen LogP contribution in [0.5, 0.6) is 0 Å². The Morgan fingerprint density at radius 3 is 2.23 bits per heavy atom. The molecule has 1 N–H and O–H groups in total. The van der Waals surface area contributed by atoms with Gasteiger partial charge in [-0.2, -0.15) is 26.3 Å². The van der Waals surface area contributed by atoms with Crippen LogP contribution < -0.4 is 5.32 Å². The summed E-state index contributed by atoms with van der Waals surface area (Å²) >= 11 is 0. The van der Waals surface area contributed by atoms with Crippen LogP contribution in [-0.2, 0) is 11.0 Å². The Morgan fingerprint density at radius 2 is 1.60 bits per heavy atom. The zero-order valence-electron chi connectivity index (χ0n) is 16.0. The summed E-state index contributed by atoms with van der Waals surface area (Å²) in [6.45, 7) is 1.71. The number of ketones is 1. The monoisotopic (exact) mass is 427 g/mol. The molecule has 1 atom stereocenters. The van der Waals surface area contributed by atoms with Crippen molar-refractivity contribution < 1.29 is 31.1 Å². The van der Waals surface area contributed by atoms with E-state index in [0.29, 0.717) is 6.42 Å². The molecule has 3 rings (SSSR count). The molecule has 0 spiro atoms. The lowest BCUT2D eigenvalue weighted by Crippen LogP contribution is -2.33. The molecule has 1 aliphatic carbocycles. The number of hydrogen-bond acceptors (Lipinski definition) is 2. The largest absolute Gasteiger partial charge is 0.416 e. The molecule has 8 heteroatoms. The standard InChI is InChI=1S/C22H19F6NO/c1-13-5-4-8-19(22(26,27)28)17(13)10-16-12-29-11-15(20(16)30)9-14-6-2-3-7-18(14)21(23,24)25/h2-4,6-10,13,29H,5,11-12H2,1H3/b15-9+,16-10+. The van der Waals surface area contributed by atoms with E-state index in [1.807, 2.05) is 0 Å². The van der Waals surface area contributed by atoms with E-state index in [1.54, 1.807) is 6.92 Å². The molecule has 160 valence electrons. The van der Waals surface area contributed by atoms with Gasteiger partial charge in [-0.3, -0.25) is 4.79 Å². The number of piperidine rings is 1. The van der Waals surface area contributed by atoms with E-state index < -0.39 is 35.2 Å². The smallest absolute Gasteiger partial charge is 0.308 e. The van der Waals surface area contributed by atoms with E-state index in [0.717, 1.165) is 18.2 Å². The highest BCUT2D eigenvalue weighted by molar-refractivity contribution is 6.12. The molecule has 2 aliphatic rings. The van der Waals surface area contributed by atoms with Gasteiger partial charge in [0.1, 0.15) is 0 Å².